The van der Waals surface area contributed by atoms with Crippen LogP contribution in [0.5, 0.6) is 5.75 Å². The number of nitrogens with zero attached hydrogens (tertiary/aromatic N) is 1. The molecule has 3 nitrogen and oxygen atoms in total. The third-order valence-electron chi connectivity index (χ3n) is 7.07. The number of carbonyl (C=O) groups excluding carboxylic acids is 1. The van der Waals surface area contributed by atoms with Crippen molar-refractivity contribution in [3.63, 3.8) is 0 Å². The van der Waals surface area contributed by atoms with Crippen LogP contribution in [-0.4, -0.2) is 19.1 Å². The minimum absolute atomic E-state index is 0.103. The van der Waals surface area contributed by atoms with Gasteiger partial charge in [-0.3, -0.25) is 4.79 Å². The van der Waals surface area contributed by atoms with Gasteiger partial charge >= 0.3 is 5.97 Å². The Kier molecular flexibility index (Phi) is 5.57. The zero-order chi connectivity index (χ0) is 22.1. The van der Waals surface area contributed by atoms with E-state index in [9.17, 15) is 4.79 Å². The summed E-state index contributed by atoms with van der Waals surface area (Å²) in [5.74, 6) is 0.996. The van der Waals surface area contributed by atoms with Crippen LogP contribution in [-0.2, 0) is 4.79 Å². The molecule has 1 fully saturated rings. The molecule has 162 valence electrons. The summed E-state index contributed by atoms with van der Waals surface area (Å²) in [6.45, 7) is 6.14. The van der Waals surface area contributed by atoms with Gasteiger partial charge < -0.3 is 9.64 Å². The molecule has 0 aromatic heterocycles. The van der Waals surface area contributed by atoms with Crippen molar-refractivity contribution in [1.29, 1.82) is 0 Å². The first-order valence-electron chi connectivity index (χ1n) is 11.6. The van der Waals surface area contributed by atoms with Crippen LogP contribution in [0.3, 0.4) is 0 Å². The van der Waals surface area contributed by atoms with E-state index < -0.39 is 0 Å². The van der Waals surface area contributed by atoms with E-state index in [0.29, 0.717) is 0 Å². The molecule has 1 aliphatic carbocycles. The summed E-state index contributed by atoms with van der Waals surface area (Å²) in [5.41, 5.74) is 4.70. The lowest BCUT2D eigenvalue weighted by molar-refractivity contribution is -0.148. The Morgan fingerprint density at radius 1 is 0.844 bits per heavy atom. The van der Waals surface area contributed by atoms with Crippen molar-refractivity contribution in [1.82, 2.24) is 0 Å². The summed E-state index contributed by atoms with van der Waals surface area (Å²) >= 11 is 0. The van der Waals surface area contributed by atoms with Crippen molar-refractivity contribution >= 4 is 17.7 Å². The van der Waals surface area contributed by atoms with E-state index in [-0.39, 0.29) is 29.6 Å². The van der Waals surface area contributed by atoms with E-state index in [4.69, 9.17) is 4.74 Å². The maximum atomic E-state index is 13.2. The molecule has 1 saturated carbocycles. The van der Waals surface area contributed by atoms with E-state index in [0.717, 1.165) is 35.7 Å². The van der Waals surface area contributed by atoms with Gasteiger partial charge in [0.2, 0.25) is 0 Å². The number of fused-ring (bicyclic) bond motifs is 3. The molecule has 3 aromatic rings. The second-order valence-corrected chi connectivity index (χ2v) is 8.65. The molecule has 0 saturated heterocycles. The molecule has 2 aliphatic rings. The lowest BCUT2D eigenvalue weighted by atomic mass is 9.51. The second kappa shape index (κ2) is 8.66. The highest BCUT2D eigenvalue weighted by Crippen LogP contribution is 2.62. The Hall–Kier alpha value is -3.33. The zero-order valence-electron chi connectivity index (χ0n) is 18.6. The SMILES string of the molecule is CCN(CC)c1ccc2c(c1)OC(=O)[C@H]1[C@@H](/C=C/c3ccccc3)[C@@H](c3ccccc3)[C@@H]21. The fourth-order valence-corrected chi connectivity index (χ4v) is 5.45. The van der Waals surface area contributed by atoms with Crippen molar-refractivity contribution in [3.05, 3.63) is 102 Å². The van der Waals surface area contributed by atoms with Crippen molar-refractivity contribution < 1.29 is 9.53 Å². The largest absolute Gasteiger partial charge is 0.426 e. The summed E-state index contributed by atoms with van der Waals surface area (Å²) in [6.07, 6.45) is 4.35. The van der Waals surface area contributed by atoms with E-state index in [1.165, 1.54) is 5.56 Å². The lowest BCUT2D eigenvalue weighted by Gasteiger charge is -2.52. The molecule has 3 aromatic carbocycles. The summed E-state index contributed by atoms with van der Waals surface area (Å²) in [4.78, 5) is 15.4. The van der Waals surface area contributed by atoms with Gasteiger partial charge in [0.05, 0.1) is 5.92 Å². The van der Waals surface area contributed by atoms with Crippen molar-refractivity contribution in [2.24, 2.45) is 11.8 Å². The highest BCUT2D eigenvalue weighted by molar-refractivity contribution is 5.83. The summed E-state index contributed by atoms with van der Waals surface area (Å²) in [5, 5.41) is 0. The average Bonchev–Trinajstić information content (AvgIpc) is 2.81. The molecule has 0 unspecified atom stereocenters. The average molecular weight is 424 g/mol. The van der Waals surface area contributed by atoms with Gasteiger partial charge in [-0.1, -0.05) is 78.9 Å². The molecular weight excluding hydrogens is 394 g/mol. The van der Waals surface area contributed by atoms with Gasteiger partial charge in [-0.05, 0) is 48.4 Å². The third-order valence-corrected chi connectivity index (χ3v) is 7.07. The minimum atomic E-state index is -0.146. The Morgan fingerprint density at radius 2 is 1.53 bits per heavy atom. The third kappa shape index (κ3) is 3.52. The van der Waals surface area contributed by atoms with Crippen LogP contribution in [0, 0.1) is 11.8 Å². The van der Waals surface area contributed by atoms with Crippen LogP contribution in [0.25, 0.3) is 6.08 Å². The monoisotopic (exact) mass is 423 g/mol. The van der Waals surface area contributed by atoms with Crippen molar-refractivity contribution in [2.75, 3.05) is 18.0 Å². The predicted octanol–water partition coefficient (Wildman–Crippen LogP) is 6.28. The Labute approximate surface area is 190 Å². The number of benzene rings is 3. The smallest absolute Gasteiger partial charge is 0.315 e. The van der Waals surface area contributed by atoms with Gasteiger partial charge in [0.1, 0.15) is 5.75 Å². The van der Waals surface area contributed by atoms with Gasteiger partial charge in [-0.2, -0.15) is 0 Å². The number of esters is 1. The van der Waals surface area contributed by atoms with Crippen LogP contribution >= 0.6 is 0 Å². The summed E-state index contributed by atoms with van der Waals surface area (Å²) < 4.78 is 5.91. The molecule has 0 spiro atoms. The molecule has 1 aliphatic heterocycles. The first-order valence-corrected chi connectivity index (χ1v) is 11.6. The van der Waals surface area contributed by atoms with Crippen molar-refractivity contribution in [2.45, 2.75) is 25.7 Å². The molecule has 3 heteroatoms. The van der Waals surface area contributed by atoms with Crippen LogP contribution in [0.2, 0.25) is 0 Å². The van der Waals surface area contributed by atoms with Crippen LogP contribution in [0.1, 0.15) is 42.4 Å². The maximum Gasteiger partial charge on any atom is 0.315 e. The molecule has 0 bridgehead atoms. The topological polar surface area (TPSA) is 29.5 Å². The van der Waals surface area contributed by atoms with Gasteiger partial charge in [-0.25, -0.2) is 0 Å². The molecule has 4 atom stereocenters. The van der Waals surface area contributed by atoms with E-state index in [1.807, 2.05) is 30.3 Å². The van der Waals surface area contributed by atoms with E-state index in [1.54, 1.807) is 0 Å². The predicted molar refractivity (Wildman–Crippen MR) is 130 cm³/mol. The highest BCUT2D eigenvalue weighted by atomic mass is 16.5. The first-order chi connectivity index (χ1) is 15.7. The molecule has 0 amide bonds. The molecular formula is C29H29NO2. The normalized spacial score (nSPS) is 23.8. The lowest BCUT2D eigenvalue weighted by Crippen LogP contribution is -2.50. The van der Waals surface area contributed by atoms with E-state index >= 15 is 0 Å². The number of allylic oxidation sites excluding steroid dienone is 1. The number of anilines is 1. The zero-order valence-corrected chi connectivity index (χ0v) is 18.6. The number of rotatable bonds is 6. The van der Waals surface area contributed by atoms with Crippen LogP contribution in [0.15, 0.2) is 84.9 Å². The fourth-order valence-electron chi connectivity index (χ4n) is 5.45. The van der Waals surface area contributed by atoms with Crippen LogP contribution < -0.4 is 9.64 Å². The number of ether oxygens (including phenoxy) is 1. The van der Waals surface area contributed by atoms with Crippen molar-refractivity contribution in [3.8, 4) is 5.75 Å². The van der Waals surface area contributed by atoms with Gasteiger partial charge in [0.15, 0.2) is 0 Å². The Balaban J connectivity index is 1.53. The quantitative estimate of drug-likeness (QED) is 0.345. The fraction of sp³-hybridized carbons (Fsp3) is 0.276. The molecule has 32 heavy (non-hydrogen) atoms. The molecule has 5 rings (SSSR count). The minimum Gasteiger partial charge on any atom is -0.426 e. The highest BCUT2D eigenvalue weighted by Gasteiger charge is 2.57. The number of hydrogen-bond donors (Lipinski definition) is 0. The molecule has 0 radical (unpaired) electrons. The van der Waals surface area contributed by atoms with Gasteiger partial charge in [-0.15, -0.1) is 0 Å². The van der Waals surface area contributed by atoms with Gasteiger partial charge in [0.25, 0.3) is 0 Å². The molecule has 0 N–H and O–H groups in total. The Bertz CT molecular complexity index is 1120. The number of hydrogen-bond acceptors (Lipinski definition) is 3. The van der Waals surface area contributed by atoms with Gasteiger partial charge in [0, 0.05) is 30.8 Å². The molecule has 1 heterocycles. The standard InChI is InChI=1S/C29H29NO2/c1-3-30(4-2)22-16-18-23-25(19-22)32-29(31)28-24(17-15-20-11-7-5-8-12-20)26(27(23)28)21-13-9-6-10-14-21/h5-19,24,26-28H,3-4H2,1-2H3/b17-15+/t24-,26+,27+,28-/m0/s1. The summed E-state index contributed by atoms with van der Waals surface area (Å²) in [6, 6.07) is 27.3. The maximum absolute atomic E-state index is 13.2. The first kappa shape index (κ1) is 20.6. The second-order valence-electron chi connectivity index (χ2n) is 8.65. The van der Waals surface area contributed by atoms with Crippen LogP contribution in [0.4, 0.5) is 5.69 Å². The van der Waals surface area contributed by atoms with E-state index in [2.05, 4.69) is 79.4 Å². The Morgan fingerprint density at radius 3 is 2.22 bits per heavy atom. The number of carbonyl (C=O) groups is 1. The summed E-state index contributed by atoms with van der Waals surface area (Å²) in [7, 11) is 0.